The maximum Gasteiger partial charge on any atom is 0.266 e. The maximum atomic E-state index is 12.1. The van der Waals surface area contributed by atoms with Crippen LogP contribution < -0.4 is 25.1 Å². The highest BCUT2D eigenvalue weighted by Crippen LogP contribution is 2.35. The molecular weight excluding hydrogens is 326 g/mol. The largest absolute Gasteiger partial charge is 0.481 e. The predicted octanol–water partition coefficient (Wildman–Crippen LogP) is 0.864. The standard InChI is InChI=1S/C17H19N3O5/c1-11-3-6-16(21)20(19-11)8-7-18-17(22)12(2)25-13-4-5-14-15(9-13)24-10-23-14/h3-6,9,12H,7-8,10H2,1-2H3,(H,18,22). The number of nitrogens with one attached hydrogen (secondary N) is 1. The van der Waals surface area contributed by atoms with E-state index in [2.05, 4.69) is 10.4 Å². The van der Waals surface area contributed by atoms with Crippen molar-refractivity contribution in [1.82, 2.24) is 15.1 Å². The maximum absolute atomic E-state index is 12.1. The number of hydrogen-bond acceptors (Lipinski definition) is 6. The van der Waals surface area contributed by atoms with Crippen LogP contribution in [0.4, 0.5) is 0 Å². The number of carbonyl (C=O) groups is 1. The van der Waals surface area contributed by atoms with Crippen LogP contribution >= 0.6 is 0 Å². The number of benzene rings is 1. The molecule has 0 fully saturated rings. The van der Waals surface area contributed by atoms with Gasteiger partial charge in [0.1, 0.15) is 5.75 Å². The van der Waals surface area contributed by atoms with Gasteiger partial charge in [0.15, 0.2) is 17.6 Å². The average Bonchev–Trinajstić information content (AvgIpc) is 3.05. The summed E-state index contributed by atoms with van der Waals surface area (Å²) < 4.78 is 17.4. The summed E-state index contributed by atoms with van der Waals surface area (Å²) in [7, 11) is 0. The normalized spacial score (nSPS) is 13.4. The Balaban J connectivity index is 1.51. The molecule has 0 radical (unpaired) electrons. The summed E-state index contributed by atoms with van der Waals surface area (Å²) >= 11 is 0. The van der Waals surface area contributed by atoms with E-state index in [9.17, 15) is 9.59 Å². The number of fused-ring (bicyclic) bond motifs is 1. The van der Waals surface area contributed by atoms with Gasteiger partial charge in [0, 0.05) is 18.7 Å². The molecule has 8 heteroatoms. The van der Waals surface area contributed by atoms with Crippen LogP contribution in [-0.2, 0) is 11.3 Å². The molecule has 3 rings (SSSR count). The Kier molecular flexibility index (Phi) is 4.87. The van der Waals surface area contributed by atoms with Crippen LogP contribution in [0.1, 0.15) is 12.6 Å². The van der Waals surface area contributed by atoms with E-state index in [0.717, 1.165) is 5.69 Å². The molecule has 0 saturated carbocycles. The van der Waals surface area contributed by atoms with E-state index in [-0.39, 0.29) is 24.8 Å². The fraction of sp³-hybridized carbons (Fsp3) is 0.353. The van der Waals surface area contributed by atoms with Gasteiger partial charge < -0.3 is 19.5 Å². The third-order valence-electron chi connectivity index (χ3n) is 3.65. The summed E-state index contributed by atoms with van der Waals surface area (Å²) in [5.74, 6) is 1.48. The fourth-order valence-electron chi connectivity index (χ4n) is 2.35. The van der Waals surface area contributed by atoms with Crippen molar-refractivity contribution in [1.29, 1.82) is 0 Å². The molecule has 1 aromatic heterocycles. The molecule has 0 spiro atoms. The summed E-state index contributed by atoms with van der Waals surface area (Å²) in [6.45, 7) is 4.21. The molecular formula is C17H19N3O5. The lowest BCUT2D eigenvalue weighted by molar-refractivity contribution is -0.127. The average molecular weight is 345 g/mol. The molecule has 8 nitrogen and oxygen atoms in total. The number of hydrogen-bond donors (Lipinski definition) is 1. The van der Waals surface area contributed by atoms with E-state index in [0.29, 0.717) is 23.8 Å². The van der Waals surface area contributed by atoms with Gasteiger partial charge in [-0.25, -0.2) is 4.68 Å². The van der Waals surface area contributed by atoms with Crippen molar-refractivity contribution in [2.45, 2.75) is 26.5 Å². The van der Waals surface area contributed by atoms with Crippen LogP contribution in [0.2, 0.25) is 0 Å². The van der Waals surface area contributed by atoms with Crippen molar-refractivity contribution in [3.05, 3.63) is 46.4 Å². The Hall–Kier alpha value is -3.03. The third kappa shape index (κ3) is 4.09. The van der Waals surface area contributed by atoms with E-state index in [1.165, 1.54) is 10.7 Å². The van der Waals surface area contributed by atoms with Crippen LogP contribution in [0.25, 0.3) is 0 Å². The number of ether oxygens (including phenoxy) is 3. The summed E-state index contributed by atoms with van der Waals surface area (Å²) in [4.78, 5) is 23.8. The molecule has 0 bridgehead atoms. The summed E-state index contributed by atoms with van der Waals surface area (Å²) in [5.41, 5.74) is 0.537. The Morgan fingerprint density at radius 3 is 2.96 bits per heavy atom. The van der Waals surface area contributed by atoms with Gasteiger partial charge in [0.05, 0.1) is 12.2 Å². The number of nitrogens with zero attached hydrogens (tertiary/aromatic N) is 2. The van der Waals surface area contributed by atoms with Gasteiger partial charge >= 0.3 is 0 Å². The zero-order valence-electron chi connectivity index (χ0n) is 14.0. The molecule has 132 valence electrons. The zero-order valence-corrected chi connectivity index (χ0v) is 14.0. The SMILES string of the molecule is Cc1ccc(=O)n(CCNC(=O)C(C)Oc2ccc3c(c2)OCO3)n1. The van der Waals surface area contributed by atoms with Gasteiger partial charge in [0.2, 0.25) is 6.79 Å². The molecule has 0 saturated heterocycles. The summed E-state index contributed by atoms with van der Waals surface area (Å²) in [5, 5.41) is 6.84. The molecule has 25 heavy (non-hydrogen) atoms. The van der Waals surface area contributed by atoms with Crippen molar-refractivity contribution in [2.24, 2.45) is 0 Å². The Morgan fingerprint density at radius 2 is 2.12 bits per heavy atom. The second-order valence-electron chi connectivity index (χ2n) is 5.60. The quantitative estimate of drug-likeness (QED) is 0.835. The smallest absolute Gasteiger partial charge is 0.266 e. The van der Waals surface area contributed by atoms with E-state index in [1.807, 2.05) is 0 Å². The van der Waals surface area contributed by atoms with Crippen LogP contribution in [-0.4, -0.2) is 35.1 Å². The Labute approximate surface area is 144 Å². The first-order valence-corrected chi connectivity index (χ1v) is 7.92. The van der Waals surface area contributed by atoms with Gasteiger partial charge in [-0.2, -0.15) is 5.10 Å². The molecule has 2 aromatic rings. The van der Waals surface area contributed by atoms with Crippen LogP contribution in [0.3, 0.4) is 0 Å². The lowest BCUT2D eigenvalue weighted by Gasteiger charge is -2.15. The fourth-order valence-corrected chi connectivity index (χ4v) is 2.35. The molecule has 1 aliphatic rings. The van der Waals surface area contributed by atoms with Crippen molar-refractivity contribution < 1.29 is 19.0 Å². The van der Waals surface area contributed by atoms with Crippen molar-refractivity contribution in [3.8, 4) is 17.2 Å². The van der Waals surface area contributed by atoms with E-state index >= 15 is 0 Å². The number of amides is 1. The van der Waals surface area contributed by atoms with Gasteiger partial charge in [0.25, 0.3) is 11.5 Å². The van der Waals surface area contributed by atoms with E-state index in [1.54, 1.807) is 38.1 Å². The Morgan fingerprint density at radius 1 is 1.32 bits per heavy atom. The van der Waals surface area contributed by atoms with Gasteiger partial charge in [-0.05, 0) is 32.0 Å². The van der Waals surface area contributed by atoms with Gasteiger partial charge in [-0.3, -0.25) is 9.59 Å². The van der Waals surface area contributed by atoms with Gasteiger partial charge in [-0.1, -0.05) is 0 Å². The molecule has 1 aromatic carbocycles. The second-order valence-corrected chi connectivity index (χ2v) is 5.60. The molecule has 1 unspecified atom stereocenters. The lowest BCUT2D eigenvalue weighted by atomic mass is 10.3. The highest BCUT2D eigenvalue weighted by molar-refractivity contribution is 5.80. The van der Waals surface area contributed by atoms with E-state index < -0.39 is 6.10 Å². The highest BCUT2D eigenvalue weighted by atomic mass is 16.7. The first-order valence-electron chi connectivity index (χ1n) is 7.92. The molecule has 1 N–H and O–H groups in total. The van der Waals surface area contributed by atoms with Crippen molar-refractivity contribution >= 4 is 5.91 Å². The van der Waals surface area contributed by atoms with Crippen molar-refractivity contribution in [3.63, 3.8) is 0 Å². The number of rotatable bonds is 6. The number of carbonyl (C=O) groups excluding carboxylic acids is 1. The minimum atomic E-state index is -0.692. The van der Waals surface area contributed by atoms with Crippen molar-refractivity contribution in [2.75, 3.05) is 13.3 Å². The lowest BCUT2D eigenvalue weighted by Crippen LogP contribution is -2.39. The first-order chi connectivity index (χ1) is 12.0. The minimum absolute atomic E-state index is 0.182. The molecule has 1 amide bonds. The second kappa shape index (κ2) is 7.25. The van der Waals surface area contributed by atoms with Crippen LogP contribution in [0, 0.1) is 6.92 Å². The predicted molar refractivity (Wildman–Crippen MR) is 88.9 cm³/mol. The van der Waals surface area contributed by atoms with Crippen LogP contribution in [0.5, 0.6) is 17.2 Å². The monoisotopic (exact) mass is 345 g/mol. The Bertz CT molecular complexity index is 833. The molecule has 0 aliphatic carbocycles. The molecule has 2 heterocycles. The minimum Gasteiger partial charge on any atom is -0.481 e. The first kappa shape index (κ1) is 16.8. The van der Waals surface area contributed by atoms with Crippen LogP contribution in [0.15, 0.2) is 35.1 Å². The molecule has 1 atom stereocenters. The summed E-state index contributed by atoms with van der Waals surface area (Å²) in [6.07, 6.45) is -0.692. The van der Waals surface area contributed by atoms with Gasteiger partial charge in [-0.15, -0.1) is 0 Å². The number of aromatic nitrogens is 2. The zero-order chi connectivity index (χ0) is 17.8. The molecule has 1 aliphatic heterocycles. The number of aryl methyl sites for hydroxylation is 1. The van der Waals surface area contributed by atoms with E-state index in [4.69, 9.17) is 14.2 Å². The topological polar surface area (TPSA) is 91.7 Å². The highest BCUT2D eigenvalue weighted by Gasteiger charge is 2.18. The summed E-state index contributed by atoms with van der Waals surface area (Å²) in [6, 6.07) is 8.24. The third-order valence-corrected chi connectivity index (χ3v) is 3.65.